The molecule has 210 valence electrons. The third-order valence-corrected chi connectivity index (χ3v) is 7.35. The van der Waals surface area contributed by atoms with E-state index in [2.05, 4.69) is 58.9 Å². The average molecular weight is 529 g/mol. The molecular formula is C36H48O3. The molecule has 0 amide bonds. The van der Waals surface area contributed by atoms with Crippen molar-refractivity contribution in [2.75, 3.05) is 0 Å². The zero-order valence-corrected chi connectivity index (χ0v) is 25.4. The first-order valence-corrected chi connectivity index (χ1v) is 14.2. The Morgan fingerprint density at radius 2 is 1.23 bits per heavy atom. The van der Waals surface area contributed by atoms with Crippen molar-refractivity contribution in [1.82, 2.24) is 0 Å². The Morgan fingerprint density at radius 1 is 0.718 bits per heavy atom. The maximum Gasteiger partial charge on any atom is 0.343 e. The topological polar surface area (TPSA) is 46.5 Å². The van der Waals surface area contributed by atoms with Crippen LogP contribution in [0.4, 0.5) is 0 Å². The van der Waals surface area contributed by atoms with Crippen molar-refractivity contribution >= 4 is 5.97 Å². The number of aromatic hydroxyl groups is 1. The van der Waals surface area contributed by atoms with Crippen LogP contribution in [0.5, 0.6) is 11.5 Å². The van der Waals surface area contributed by atoms with E-state index in [1.807, 2.05) is 39.0 Å². The summed E-state index contributed by atoms with van der Waals surface area (Å²) in [5.74, 6) is 0.439. The SMILES string of the molecule is CC(C)=CCC/C(C)=C/CC/C(C)=C/CC/C(C)=C/Cc1c(C)c(OC(=O)c2ccccc2)c(C)c(C)c1O. The Morgan fingerprint density at radius 3 is 1.77 bits per heavy atom. The summed E-state index contributed by atoms with van der Waals surface area (Å²) in [7, 11) is 0. The Bertz CT molecular complexity index is 1240. The summed E-state index contributed by atoms with van der Waals surface area (Å²) in [6, 6.07) is 9.00. The molecule has 2 rings (SSSR count). The number of benzene rings is 2. The van der Waals surface area contributed by atoms with Gasteiger partial charge < -0.3 is 9.84 Å². The number of hydrogen-bond acceptors (Lipinski definition) is 3. The second kappa shape index (κ2) is 15.9. The van der Waals surface area contributed by atoms with Crippen LogP contribution in [0.15, 0.2) is 76.9 Å². The van der Waals surface area contributed by atoms with Gasteiger partial charge in [-0.05, 0) is 129 Å². The molecule has 0 saturated heterocycles. The van der Waals surface area contributed by atoms with E-state index in [4.69, 9.17) is 4.74 Å². The lowest BCUT2D eigenvalue weighted by molar-refractivity contribution is 0.0732. The first-order valence-electron chi connectivity index (χ1n) is 14.2. The number of carbonyl (C=O) groups is 1. The summed E-state index contributed by atoms with van der Waals surface area (Å²) < 4.78 is 5.83. The molecule has 0 atom stereocenters. The van der Waals surface area contributed by atoms with Crippen molar-refractivity contribution in [3.05, 3.63) is 105 Å². The standard InChI is InChI=1S/C36H48O3/c1-25(2)15-12-16-26(3)17-13-18-27(4)19-14-20-28(5)23-24-33-31(8)35(30(7)29(6)34(33)37)39-36(38)32-21-10-9-11-22-32/h9-11,15,17,19,21-23,37H,12-14,16,18,20,24H2,1-8H3/b26-17+,27-19+,28-23+. The minimum atomic E-state index is -0.388. The molecular weight excluding hydrogens is 480 g/mol. The molecule has 0 aliphatic heterocycles. The number of hydrogen-bond donors (Lipinski definition) is 1. The van der Waals surface area contributed by atoms with Crippen LogP contribution in [0.2, 0.25) is 0 Å². The third-order valence-electron chi connectivity index (χ3n) is 7.35. The fraction of sp³-hybridized carbons (Fsp3) is 0.417. The lowest BCUT2D eigenvalue weighted by atomic mass is 9.94. The zero-order valence-electron chi connectivity index (χ0n) is 25.4. The number of phenols is 1. The Labute approximate surface area is 237 Å². The third kappa shape index (κ3) is 10.4. The molecule has 0 radical (unpaired) electrons. The monoisotopic (exact) mass is 528 g/mol. The van der Waals surface area contributed by atoms with Gasteiger partial charge in [0.05, 0.1) is 5.56 Å². The summed E-state index contributed by atoms with van der Waals surface area (Å²) in [6.07, 6.45) is 16.3. The van der Waals surface area contributed by atoms with Gasteiger partial charge in [0.2, 0.25) is 0 Å². The van der Waals surface area contributed by atoms with Crippen LogP contribution in [0.1, 0.15) is 106 Å². The maximum absolute atomic E-state index is 12.7. The van der Waals surface area contributed by atoms with Gasteiger partial charge in [-0.25, -0.2) is 4.79 Å². The highest BCUT2D eigenvalue weighted by atomic mass is 16.5. The summed E-state index contributed by atoms with van der Waals surface area (Å²) in [5, 5.41) is 10.9. The van der Waals surface area contributed by atoms with Crippen LogP contribution in [0.25, 0.3) is 0 Å². The second-order valence-corrected chi connectivity index (χ2v) is 11.0. The first-order chi connectivity index (χ1) is 18.5. The van der Waals surface area contributed by atoms with Gasteiger partial charge in [0.15, 0.2) is 0 Å². The Balaban J connectivity index is 1.98. The minimum Gasteiger partial charge on any atom is -0.507 e. The molecule has 0 spiro atoms. The van der Waals surface area contributed by atoms with E-state index in [0.29, 0.717) is 17.7 Å². The quantitative estimate of drug-likeness (QED) is 0.160. The number of phenolic OH excluding ortho intramolecular Hbond substituents is 1. The van der Waals surface area contributed by atoms with Gasteiger partial charge in [0, 0.05) is 5.56 Å². The molecule has 0 bridgehead atoms. The molecule has 1 N–H and O–H groups in total. The molecule has 3 heteroatoms. The van der Waals surface area contributed by atoms with Crippen LogP contribution < -0.4 is 4.74 Å². The zero-order chi connectivity index (χ0) is 28.9. The van der Waals surface area contributed by atoms with E-state index < -0.39 is 0 Å². The van der Waals surface area contributed by atoms with Crippen molar-refractivity contribution in [2.24, 2.45) is 0 Å². The number of ether oxygens (including phenoxy) is 1. The van der Waals surface area contributed by atoms with E-state index in [9.17, 15) is 9.90 Å². The van der Waals surface area contributed by atoms with Crippen molar-refractivity contribution in [3.8, 4) is 11.5 Å². The smallest absolute Gasteiger partial charge is 0.343 e. The van der Waals surface area contributed by atoms with Gasteiger partial charge in [0.1, 0.15) is 11.5 Å². The average Bonchev–Trinajstić information content (AvgIpc) is 2.90. The van der Waals surface area contributed by atoms with Gasteiger partial charge >= 0.3 is 5.97 Å². The number of rotatable bonds is 13. The first kappa shape index (κ1) is 31.9. The predicted molar refractivity (Wildman–Crippen MR) is 166 cm³/mol. The highest BCUT2D eigenvalue weighted by Gasteiger charge is 2.20. The molecule has 0 saturated carbocycles. The summed E-state index contributed by atoms with van der Waals surface area (Å²) >= 11 is 0. The summed E-state index contributed by atoms with van der Waals surface area (Å²) in [5.41, 5.74) is 9.25. The van der Waals surface area contributed by atoms with Crippen LogP contribution in [0.3, 0.4) is 0 Å². The molecule has 3 nitrogen and oxygen atoms in total. The molecule has 0 aliphatic carbocycles. The summed E-state index contributed by atoms with van der Waals surface area (Å²) in [6.45, 7) is 16.6. The fourth-order valence-electron chi connectivity index (χ4n) is 4.56. The van der Waals surface area contributed by atoms with Crippen LogP contribution in [-0.4, -0.2) is 11.1 Å². The molecule has 0 aromatic heterocycles. The largest absolute Gasteiger partial charge is 0.507 e. The fourth-order valence-corrected chi connectivity index (χ4v) is 4.56. The van der Waals surface area contributed by atoms with Crippen molar-refractivity contribution in [2.45, 2.75) is 100 Å². The van der Waals surface area contributed by atoms with Gasteiger partial charge in [-0.15, -0.1) is 0 Å². The highest BCUT2D eigenvalue weighted by Crippen LogP contribution is 2.38. The number of allylic oxidation sites excluding steroid dienone is 8. The Kier molecular flexibility index (Phi) is 13.0. The summed E-state index contributed by atoms with van der Waals surface area (Å²) in [4.78, 5) is 12.7. The van der Waals surface area contributed by atoms with Gasteiger partial charge in [-0.1, -0.05) is 64.8 Å². The number of esters is 1. The Hall–Kier alpha value is -3.33. The van der Waals surface area contributed by atoms with E-state index >= 15 is 0 Å². The van der Waals surface area contributed by atoms with E-state index in [1.165, 1.54) is 22.3 Å². The van der Waals surface area contributed by atoms with E-state index in [-0.39, 0.29) is 11.7 Å². The second-order valence-electron chi connectivity index (χ2n) is 11.0. The van der Waals surface area contributed by atoms with Crippen LogP contribution in [0, 0.1) is 20.8 Å². The molecule has 0 unspecified atom stereocenters. The lowest BCUT2D eigenvalue weighted by Crippen LogP contribution is -2.11. The van der Waals surface area contributed by atoms with Crippen molar-refractivity contribution in [3.63, 3.8) is 0 Å². The van der Waals surface area contributed by atoms with Gasteiger partial charge in [-0.2, -0.15) is 0 Å². The number of carbonyl (C=O) groups excluding carboxylic acids is 1. The van der Waals surface area contributed by atoms with Crippen LogP contribution >= 0.6 is 0 Å². The molecule has 0 aliphatic rings. The lowest BCUT2D eigenvalue weighted by Gasteiger charge is -2.18. The maximum atomic E-state index is 12.7. The van der Waals surface area contributed by atoms with E-state index in [0.717, 1.165) is 60.8 Å². The molecule has 2 aromatic rings. The van der Waals surface area contributed by atoms with Crippen LogP contribution in [-0.2, 0) is 6.42 Å². The highest BCUT2D eigenvalue weighted by molar-refractivity contribution is 5.91. The van der Waals surface area contributed by atoms with Gasteiger partial charge in [0.25, 0.3) is 0 Å². The van der Waals surface area contributed by atoms with Crippen molar-refractivity contribution < 1.29 is 14.6 Å². The van der Waals surface area contributed by atoms with Crippen molar-refractivity contribution in [1.29, 1.82) is 0 Å². The molecule has 0 heterocycles. The molecule has 2 aromatic carbocycles. The van der Waals surface area contributed by atoms with E-state index in [1.54, 1.807) is 12.1 Å². The minimum absolute atomic E-state index is 0.286. The predicted octanol–water partition coefficient (Wildman–Crippen LogP) is 10.2. The normalized spacial score (nSPS) is 12.5. The van der Waals surface area contributed by atoms with Gasteiger partial charge in [-0.3, -0.25) is 0 Å². The molecule has 0 fully saturated rings. The molecule has 39 heavy (non-hydrogen) atoms.